The number of amides is 2. The first kappa shape index (κ1) is 20.3. The number of rotatable bonds is 9. The van der Waals surface area contributed by atoms with Gasteiger partial charge in [-0.2, -0.15) is 0 Å². The fourth-order valence-corrected chi connectivity index (χ4v) is 1.82. The van der Waals surface area contributed by atoms with Gasteiger partial charge in [0.25, 0.3) is 5.91 Å². The van der Waals surface area contributed by atoms with Crippen molar-refractivity contribution >= 4 is 23.6 Å². The number of benzene rings is 1. The van der Waals surface area contributed by atoms with Crippen molar-refractivity contribution in [1.29, 1.82) is 0 Å². The molecule has 0 atom stereocenters. The summed E-state index contributed by atoms with van der Waals surface area (Å²) in [5, 5.41) is 4.90. The first-order valence-electron chi connectivity index (χ1n) is 7.78. The monoisotopic (exact) mass is 352 g/mol. The van der Waals surface area contributed by atoms with E-state index < -0.39 is 24.3 Å². The van der Waals surface area contributed by atoms with Gasteiger partial charge in [-0.3, -0.25) is 19.2 Å². The van der Waals surface area contributed by atoms with Gasteiger partial charge in [-0.1, -0.05) is 0 Å². The molecule has 1 rings (SSSR count). The van der Waals surface area contributed by atoms with Gasteiger partial charge in [0.05, 0.1) is 13.0 Å². The second-order valence-electron chi connectivity index (χ2n) is 5.59. The molecule has 0 unspecified atom stereocenters. The van der Waals surface area contributed by atoms with E-state index >= 15 is 0 Å². The SMILES string of the molecule is CC(C)NC(=O)CNC(=O)COC(=O)CCC(=O)c1ccc(F)cc1. The Labute approximate surface area is 144 Å². The number of halogens is 1. The third kappa shape index (κ3) is 8.59. The van der Waals surface area contributed by atoms with E-state index in [2.05, 4.69) is 10.6 Å². The highest BCUT2D eigenvalue weighted by Crippen LogP contribution is 2.07. The van der Waals surface area contributed by atoms with Gasteiger partial charge in [-0.05, 0) is 38.1 Å². The second-order valence-corrected chi connectivity index (χ2v) is 5.59. The van der Waals surface area contributed by atoms with E-state index in [0.29, 0.717) is 5.56 Å². The zero-order valence-electron chi connectivity index (χ0n) is 14.1. The predicted octanol–water partition coefficient (Wildman–Crippen LogP) is 0.973. The van der Waals surface area contributed by atoms with Crippen LogP contribution in [-0.2, 0) is 19.1 Å². The van der Waals surface area contributed by atoms with Crippen molar-refractivity contribution in [2.75, 3.05) is 13.2 Å². The van der Waals surface area contributed by atoms with E-state index in [1.54, 1.807) is 13.8 Å². The van der Waals surface area contributed by atoms with Gasteiger partial charge in [0.2, 0.25) is 5.91 Å². The highest BCUT2D eigenvalue weighted by atomic mass is 19.1. The smallest absolute Gasteiger partial charge is 0.306 e. The molecule has 0 fully saturated rings. The molecule has 8 heteroatoms. The van der Waals surface area contributed by atoms with Crippen molar-refractivity contribution in [3.8, 4) is 0 Å². The molecule has 0 radical (unpaired) electrons. The zero-order chi connectivity index (χ0) is 18.8. The fourth-order valence-electron chi connectivity index (χ4n) is 1.82. The Kier molecular flexibility index (Phi) is 8.25. The van der Waals surface area contributed by atoms with E-state index in [1.807, 2.05) is 0 Å². The Morgan fingerprint density at radius 2 is 1.68 bits per heavy atom. The van der Waals surface area contributed by atoms with Crippen LogP contribution in [-0.4, -0.2) is 42.8 Å². The van der Waals surface area contributed by atoms with Gasteiger partial charge in [-0.25, -0.2) is 4.39 Å². The summed E-state index contributed by atoms with van der Waals surface area (Å²) in [4.78, 5) is 46.1. The van der Waals surface area contributed by atoms with E-state index in [4.69, 9.17) is 4.74 Å². The minimum atomic E-state index is -0.711. The minimum Gasteiger partial charge on any atom is -0.456 e. The Morgan fingerprint density at radius 1 is 1.04 bits per heavy atom. The Hall–Kier alpha value is -2.77. The first-order valence-corrected chi connectivity index (χ1v) is 7.78. The van der Waals surface area contributed by atoms with Gasteiger partial charge in [0.1, 0.15) is 5.82 Å². The third-order valence-corrected chi connectivity index (χ3v) is 2.98. The average molecular weight is 352 g/mol. The van der Waals surface area contributed by atoms with Gasteiger partial charge >= 0.3 is 5.97 Å². The molecule has 7 nitrogen and oxygen atoms in total. The quantitative estimate of drug-likeness (QED) is 0.509. The van der Waals surface area contributed by atoms with Crippen LogP contribution in [0.4, 0.5) is 4.39 Å². The van der Waals surface area contributed by atoms with Crippen molar-refractivity contribution in [2.45, 2.75) is 32.7 Å². The number of carbonyl (C=O) groups is 4. The van der Waals surface area contributed by atoms with Gasteiger partial charge < -0.3 is 15.4 Å². The lowest BCUT2D eigenvalue weighted by Gasteiger charge is -2.09. The van der Waals surface area contributed by atoms with Crippen molar-refractivity contribution < 1.29 is 28.3 Å². The van der Waals surface area contributed by atoms with Crippen LogP contribution in [0.5, 0.6) is 0 Å². The van der Waals surface area contributed by atoms with Crippen molar-refractivity contribution in [3.05, 3.63) is 35.6 Å². The standard InChI is InChI=1S/C17H21FN2O5/c1-11(2)20-15(22)9-19-16(23)10-25-17(24)8-7-14(21)12-3-5-13(18)6-4-12/h3-6,11H,7-10H2,1-2H3,(H,19,23)(H,20,22). The molecule has 0 spiro atoms. The molecule has 1 aromatic carbocycles. The lowest BCUT2D eigenvalue weighted by atomic mass is 10.1. The molecule has 0 aromatic heterocycles. The zero-order valence-corrected chi connectivity index (χ0v) is 14.1. The number of nitrogens with one attached hydrogen (secondary N) is 2. The van der Waals surface area contributed by atoms with Crippen molar-refractivity contribution in [1.82, 2.24) is 10.6 Å². The summed E-state index contributed by atoms with van der Waals surface area (Å²) in [5.41, 5.74) is 0.295. The molecule has 2 N–H and O–H groups in total. The van der Waals surface area contributed by atoms with Crippen LogP contribution in [0, 0.1) is 5.82 Å². The summed E-state index contributed by atoms with van der Waals surface area (Å²) in [5.74, 6) is -2.45. The van der Waals surface area contributed by atoms with Crippen molar-refractivity contribution in [3.63, 3.8) is 0 Å². The molecule has 0 saturated heterocycles. The highest BCUT2D eigenvalue weighted by Gasteiger charge is 2.12. The van der Waals surface area contributed by atoms with Crippen LogP contribution in [0.1, 0.15) is 37.0 Å². The molecule has 0 aliphatic carbocycles. The maximum Gasteiger partial charge on any atom is 0.306 e. The third-order valence-electron chi connectivity index (χ3n) is 2.98. The van der Waals surface area contributed by atoms with E-state index in [9.17, 15) is 23.6 Å². The lowest BCUT2D eigenvalue weighted by Crippen LogP contribution is -2.41. The van der Waals surface area contributed by atoms with Crippen LogP contribution in [0.2, 0.25) is 0 Å². The molecule has 0 aliphatic rings. The predicted molar refractivity (Wildman–Crippen MR) is 87.2 cm³/mol. The number of hydrogen-bond donors (Lipinski definition) is 2. The molecular weight excluding hydrogens is 331 g/mol. The molecule has 2 amide bonds. The van der Waals surface area contributed by atoms with E-state index in [-0.39, 0.29) is 37.1 Å². The number of carbonyl (C=O) groups excluding carboxylic acids is 4. The summed E-state index contributed by atoms with van der Waals surface area (Å²) in [6, 6.07) is 4.94. The number of Topliss-reactive ketones (excluding diaryl/α,β-unsaturated/α-hetero) is 1. The fraction of sp³-hybridized carbons (Fsp3) is 0.412. The number of hydrogen-bond acceptors (Lipinski definition) is 5. The molecule has 0 bridgehead atoms. The molecule has 0 saturated carbocycles. The Morgan fingerprint density at radius 3 is 2.28 bits per heavy atom. The van der Waals surface area contributed by atoms with Crippen molar-refractivity contribution in [2.24, 2.45) is 0 Å². The normalized spacial score (nSPS) is 10.2. The van der Waals surface area contributed by atoms with Crippen LogP contribution in [0.3, 0.4) is 0 Å². The maximum absolute atomic E-state index is 12.8. The van der Waals surface area contributed by atoms with Crippen LogP contribution < -0.4 is 10.6 Å². The first-order chi connectivity index (χ1) is 11.8. The summed E-state index contributed by atoms with van der Waals surface area (Å²) < 4.78 is 17.5. The molecular formula is C17H21FN2O5. The minimum absolute atomic E-state index is 0.0409. The van der Waals surface area contributed by atoms with Crippen LogP contribution in [0.25, 0.3) is 0 Å². The van der Waals surface area contributed by atoms with E-state index in [1.165, 1.54) is 12.1 Å². The molecule has 0 heterocycles. The van der Waals surface area contributed by atoms with Gasteiger partial charge in [0, 0.05) is 18.0 Å². The van der Waals surface area contributed by atoms with Crippen LogP contribution >= 0.6 is 0 Å². The largest absolute Gasteiger partial charge is 0.456 e. The second kappa shape index (κ2) is 10.2. The van der Waals surface area contributed by atoms with Gasteiger partial charge in [-0.15, -0.1) is 0 Å². The highest BCUT2D eigenvalue weighted by molar-refractivity contribution is 5.97. The summed E-state index contributed by atoms with van der Waals surface area (Å²) in [7, 11) is 0. The molecule has 136 valence electrons. The maximum atomic E-state index is 12.8. The summed E-state index contributed by atoms with van der Waals surface area (Å²) in [6.07, 6.45) is -0.305. The van der Waals surface area contributed by atoms with Gasteiger partial charge in [0.15, 0.2) is 12.4 Å². The number of ketones is 1. The van der Waals surface area contributed by atoms with E-state index in [0.717, 1.165) is 12.1 Å². The number of ether oxygens (including phenoxy) is 1. The Balaban J connectivity index is 2.23. The summed E-state index contributed by atoms with van der Waals surface area (Å²) >= 11 is 0. The molecule has 25 heavy (non-hydrogen) atoms. The molecule has 0 aliphatic heterocycles. The topological polar surface area (TPSA) is 102 Å². The average Bonchev–Trinajstić information content (AvgIpc) is 2.56. The number of esters is 1. The van der Waals surface area contributed by atoms with Crippen LogP contribution in [0.15, 0.2) is 24.3 Å². The lowest BCUT2D eigenvalue weighted by molar-refractivity contribution is -0.148. The molecule has 1 aromatic rings. The Bertz CT molecular complexity index is 628. The summed E-state index contributed by atoms with van der Waals surface area (Å²) in [6.45, 7) is 2.83.